The smallest absolute Gasteiger partial charge is 0.273 e. The van der Waals surface area contributed by atoms with Crippen LogP contribution >= 0.6 is 11.6 Å². The van der Waals surface area contributed by atoms with Gasteiger partial charge < -0.3 is 0 Å². The summed E-state index contributed by atoms with van der Waals surface area (Å²) in [5, 5.41) is 10.1. The minimum Gasteiger partial charge on any atom is -0.273 e. The van der Waals surface area contributed by atoms with Gasteiger partial charge in [0.25, 0.3) is 5.56 Å². The molecule has 0 spiro atoms. The number of aryl methyl sites for hydroxylation is 1. The maximum absolute atomic E-state index is 11.6. The number of carbonyl (C=O) groups is 1. The Balaban J connectivity index is 1.84. The number of amides is 1. The zero-order chi connectivity index (χ0) is 15.9. The van der Waals surface area contributed by atoms with Gasteiger partial charge in [-0.25, -0.2) is 15.3 Å². The SMILES string of the molecule is O=C(CCc1n[nH]c(=O)[nH]c1=O)N/N=C/c1ccc(Cl)cc1. The summed E-state index contributed by atoms with van der Waals surface area (Å²) in [7, 11) is 0. The van der Waals surface area contributed by atoms with Crippen molar-refractivity contribution in [3.8, 4) is 0 Å². The topological polar surface area (TPSA) is 120 Å². The first-order valence-corrected chi connectivity index (χ1v) is 6.68. The highest BCUT2D eigenvalue weighted by Crippen LogP contribution is 2.07. The fourth-order valence-electron chi connectivity index (χ4n) is 1.56. The summed E-state index contributed by atoms with van der Waals surface area (Å²) >= 11 is 5.75. The number of carbonyl (C=O) groups excluding carboxylic acids is 1. The van der Waals surface area contributed by atoms with Crippen LogP contribution in [0.2, 0.25) is 5.02 Å². The third-order valence-corrected chi connectivity index (χ3v) is 2.90. The van der Waals surface area contributed by atoms with E-state index in [1.54, 1.807) is 24.3 Å². The molecule has 0 aliphatic carbocycles. The molecule has 0 aliphatic heterocycles. The van der Waals surface area contributed by atoms with E-state index in [2.05, 4.69) is 20.7 Å². The van der Waals surface area contributed by atoms with E-state index >= 15 is 0 Å². The maximum Gasteiger partial charge on any atom is 0.342 e. The molecule has 3 N–H and O–H groups in total. The predicted octanol–water partition coefficient (Wildman–Crippen LogP) is 0.195. The lowest BCUT2D eigenvalue weighted by molar-refractivity contribution is -0.121. The van der Waals surface area contributed by atoms with E-state index in [1.807, 2.05) is 4.98 Å². The monoisotopic (exact) mass is 321 g/mol. The number of hydrazone groups is 1. The van der Waals surface area contributed by atoms with Crippen LogP contribution in [0.15, 0.2) is 39.0 Å². The van der Waals surface area contributed by atoms with Crippen molar-refractivity contribution in [2.24, 2.45) is 5.10 Å². The van der Waals surface area contributed by atoms with Gasteiger partial charge in [-0.2, -0.15) is 10.2 Å². The normalized spacial score (nSPS) is 10.8. The van der Waals surface area contributed by atoms with Crippen LogP contribution in [0.4, 0.5) is 0 Å². The second-order valence-electron chi connectivity index (χ2n) is 4.30. The molecule has 1 amide bonds. The van der Waals surface area contributed by atoms with Gasteiger partial charge in [0.05, 0.1) is 6.21 Å². The number of halogens is 1. The van der Waals surface area contributed by atoms with E-state index in [4.69, 9.17) is 11.6 Å². The molecular formula is C13H12ClN5O3. The summed E-state index contributed by atoms with van der Waals surface area (Å²) in [4.78, 5) is 35.8. The van der Waals surface area contributed by atoms with Crippen LogP contribution in [0.1, 0.15) is 17.7 Å². The van der Waals surface area contributed by atoms with Crippen molar-refractivity contribution < 1.29 is 4.79 Å². The van der Waals surface area contributed by atoms with Crippen LogP contribution < -0.4 is 16.7 Å². The van der Waals surface area contributed by atoms with Gasteiger partial charge in [0.2, 0.25) is 5.91 Å². The first-order chi connectivity index (χ1) is 10.5. The minimum atomic E-state index is -0.689. The maximum atomic E-state index is 11.6. The van der Waals surface area contributed by atoms with Gasteiger partial charge >= 0.3 is 5.69 Å². The van der Waals surface area contributed by atoms with E-state index < -0.39 is 11.2 Å². The molecule has 9 heteroatoms. The van der Waals surface area contributed by atoms with Crippen molar-refractivity contribution in [3.05, 3.63) is 61.4 Å². The molecule has 22 heavy (non-hydrogen) atoms. The molecule has 0 saturated heterocycles. The molecule has 0 fully saturated rings. The lowest BCUT2D eigenvalue weighted by Crippen LogP contribution is -2.28. The van der Waals surface area contributed by atoms with Gasteiger partial charge in [0, 0.05) is 17.9 Å². The Morgan fingerprint density at radius 2 is 2.05 bits per heavy atom. The first-order valence-electron chi connectivity index (χ1n) is 6.30. The summed E-state index contributed by atoms with van der Waals surface area (Å²) in [5.41, 5.74) is 1.89. The molecule has 114 valence electrons. The molecule has 0 unspecified atom stereocenters. The molecular weight excluding hydrogens is 310 g/mol. The lowest BCUT2D eigenvalue weighted by atomic mass is 10.2. The van der Waals surface area contributed by atoms with E-state index in [9.17, 15) is 14.4 Å². The molecule has 0 bridgehead atoms. The Hall–Kier alpha value is -2.74. The Labute approximate surface area is 129 Å². The standard InChI is InChI=1S/C13H12ClN5O3/c14-9-3-1-8(2-4-9)7-15-18-11(20)6-5-10-12(21)16-13(22)19-17-10/h1-4,7H,5-6H2,(H,18,20)(H2,16,19,21,22)/b15-7+. The van der Waals surface area contributed by atoms with Crippen molar-refractivity contribution in [2.75, 3.05) is 0 Å². The van der Waals surface area contributed by atoms with Crippen LogP contribution in [0.25, 0.3) is 0 Å². The lowest BCUT2D eigenvalue weighted by Gasteiger charge is -1.99. The Morgan fingerprint density at radius 1 is 1.32 bits per heavy atom. The third kappa shape index (κ3) is 4.67. The van der Waals surface area contributed by atoms with E-state index in [0.29, 0.717) is 5.02 Å². The Bertz CT molecular complexity index is 794. The Morgan fingerprint density at radius 3 is 2.73 bits per heavy atom. The number of nitrogens with zero attached hydrogens (tertiary/aromatic N) is 2. The highest BCUT2D eigenvalue weighted by atomic mass is 35.5. The number of benzene rings is 1. The molecule has 0 saturated carbocycles. The van der Waals surface area contributed by atoms with Crippen LogP contribution in [0.5, 0.6) is 0 Å². The van der Waals surface area contributed by atoms with Gasteiger partial charge in [0.15, 0.2) is 0 Å². The zero-order valence-electron chi connectivity index (χ0n) is 11.3. The quantitative estimate of drug-likeness (QED) is 0.538. The van der Waals surface area contributed by atoms with Crippen molar-refractivity contribution >= 4 is 23.7 Å². The van der Waals surface area contributed by atoms with Crippen molar-refractivity contribution in [1.82, 2.24) is 20.6 Å². The van der Waals surface area contributed by atoms with Crippen LogP contribution in [0, 0.1) is 0 Å². The van der Waals surface area contributed by atoms with E-state index in [-0.39, 0.29) is 24.4 Å². The van der Waals surface area contributed by atoms with Crippen molar-refractivity contribution in [2.45, 2.75) is 12.8 Å². The second-order valence-corrected chi connectivity index (χ2v) is 4.73. The van der Waals surface area contributed by atoms with Crippen LogP contribution in [0.3, 0.4) is 0 Å². The summed E-state index contributed by atoms with van der Waals surface area (Å²) in [6.45, 7) is 0. The Kier molecular flexibility index (Phi) is 5.21. The predicted molar refractivity (Wildman–Crippen MR) is 81.0 cm³/mol. The van der Waals surface area contributed by atoms with Gasteiger partial charge in [-0.3, -0.25) is 14.6 Å². The summed E-state index contributed by atoms with van der Waals surface area (Å²) in [5.74, 6) is -0.377. The molecule has 0 aliphatic rings. The molecule has 2 rings (SSSR count). The summed E-state index contributed by atoms with van der Waals surface area (Å²) < 4.78 is 0. The highest BCUT2D eigenvalue weighted by Gasteiger charge is 2.06. The minimum absolute atomic E-state index is 0.0140. The average Bonchev–Trinajstić information content (AvgIpc) is 2.48. The number of aromatic amines is 2. The molecule has 8 nitrogen and oxygen atoms in total. The number of aromatic nitrogens is 3. The molecule has 2 aromatic rings. The molecule has 1 heterocycles. The second kappa shape index (κ2) is 7.32. The zero-order valence-corrected chi connectivity index (χ0v) is 12.1. The van der Waals surface area contributed by atoms with E-state index in [0.717, 1.165) is 5.56 Å². The van der Waals surface area contributed by atoms with Gasteiger partial charge in [0.1, 0.15) is 5.69 Å². The molecule has 0 atom stereocenters. The van der Waals surface area contributed by atoms with Crippen LogP contribution in [-0.2, 0) is 11.2 Å². The summed E-state index contributed by atoms with van der Waals surface area (Å²) in [6, 6.07) is 6.92. The highest BCUT2D eigenvalue weighted by molar-refractivity contribution is 6.30. The number of hydrogen-bond acceptors (Lipinski definition) is 5. The largest absolute Gasteiger partial charge is 0.342 e. The molecule has 1 aromatic heterocycles. The fraction of sp³-hybridized carbons (Fsp3) is 0.154. The number of hydrogen-bond donors (Lipinski definition) is 3. The third-order valence-electron chi connectivity index (χ3n) is 2.64. The molecule has 1 aromatic carbocycles. The molecule has 0 radical (unpaired) electrons. The average molecular weight is 322 g/mol. The fourth-order valence-corrected chi connectivity index (χ4v) is 1.68. The first kappa shape index (κ1) is 15.6. The van der Waals surface area contributed by atoms with Crippen molar-refractivity contribution in [3.63, 3.8) is 0 Å². The van der Waals surface area contributed by atoms with Gasteiger partial charge in [-0.15, -0.1) is 0 Å². The number of H-pyrrole nitrogens is 2. The van der Waals surface area contributed by atoms with E-state index in [1.165, 1.54) is 6.21 Å². The summed E-state index contributed by atoms with van der Waals surface area (Å²) in [6.07, 6.45) is 1.58. The van der Waals surface area contributed by atoms with Crippen molar-refractivity contribution in [1.29, 1.82) is 0 Å². The number of rotatable bonds is 5. The number of nitrogens with one attached hydrogen (secondary N) is 3. The van der Waals surface area contributed by atoms with Crippen LogP contribution in [-0.4, -0.2) is 27.3 Å². The van der Waals surface area contributed by atoms with Gasteiger partial charge in [-0.1, -0.05) is 23.7 Å². The van der Waals surface area contributed by atoms with Gasteiger partial charge in [-0.05, 0) is 17.7 Å².